The van der Waals surface area contributed by atoms with Crippen molar-refractivity contribution in [1.29, 1.82) is 0 Å². The summed E-state index contributed by atoms with van der Waals surface area (Å²) in [5, 5.41) is 11.0. The summed E-state index contributed by atoms with van der Waals surface area (Å²) in [7, 11) is 0. The number of Topliss-reactive ketones (excluding diaryl/α,β-unsaturated/α-hetero) is 1. The molecule has 1 amide bonds. The molecule has 2 aromatic carbocycles. The number of carbonyl (C=O) groups is 2. The van der Waals surface area contributed by atoms with E-state index in [4.69, 9.17) is 4.74 Å². The number of rotatable bonds is 7. The van der Waals surface area contributed by atoms with Gasteiger partial charge in [0.15, 0.2) is 5.60 Å². The maximum Gasteiger partial charge on any atom is 0.264 e. The van der Waals surface area contributed by atoms with Gasteiger partial charge >= 0.3 is 0 Å². The summed E-state index contributed by atoms with van der Waals surface area (Å²) in [6.45, 7) is 6.15. The molecule has 27 heavy (non-hydrogen) atoms. The fourth-order valence-corrected chi connectivity index (χ4v) is 3.54. The zero-order valence-electron chi connectivity index (χ0n) is 16.0. The van der Waals surface area contributed by atoms with Gasteiger partial charge in [-0.25, -0.2) is 0 Å². The number of fused-ring (bicyclic) bond motifs is 1. The number of benzene rings is 2. The van der Waals surface area contributed by atoms with Crippen molar-refractivity contribution in [3.63, 3.8) is 0 Å². The molecule has 0 spiro atoms. The second-order valence-electron chi connectivity index (χ2n) is 7.18. The average molecular weight is 367 g/mol. The van der Waals surface area contributed by atoms with Crippen molar-refractivity contribution < 1.29 is 19.4 Å². The van der Waals surface area contributed by atoms with E-state index in [9.17, 15) is 14.7 Å². The molecule has 1 atom stereocenters. The number of hydrogen-bond donors (Lipinski definition) is 1. The van der Waals surface area contributed by atoms with Gasteiger partial charge in [-0.1, -0.05) is 35.9 Å². The highest BCUT2D eigenvalue weighted by molar-refractivity contribution is 6.08. The molecular weight excluding hydrogens is 342 g/mol. The molecule has 0 saturated carbocycles. The Labute approximate surface area is 159 Å². The molecule has 1 aliphatic heterocycles. The molecule has 0 saturated heterocycles. The van der Waals surface area contributed by atoms with Crippen molar-refractivity contribution in [2.45, 2.75) is 39.2 Å². The van der Waals surface area contributed by atoms with Crippen molar-refractivity contribution in [2.75, 3.05) is 18.1 Å². The van der Waals surface area contributed by atoms with Gasteiger partial charge in [0.25, 0.3) is 5.91 Å². The maximum absolute atomic E-state index is 12.9. The molecule has 2 aromatic rings. The molecule has 142 valence electrons. The molecule has 1 N–H and O–H groups in total. The van der Waals surface area contributed by atoms with E-state index in [2.05, 4.69) is 0 Å². The number of para-hydroxylation sites is 1. The molecule has 5 nitrogen and oxygen atoms in total. The first-order chi connectivity index (χ1) is 12.8. The number of hydrogen-bond acceptors (Lipinski definition) is 4. The Morgan fingerprint density at radius 3 is 2.63 bits per heavy atom. The van der Waals surface area contributed by atoms with Gasteiger partial charge in [0.1, 0.15) is 11.5 Å². The number of amides is 1. The van der Waals surface area contributed by atoms with E-state index in [0.29, 0.717) is 30.8 Å². The van der Waals surface area contributed by atoms with Crippen LogP contribution in [0.3, 0.4) is 0 Å². The van der Waals surface area contributed by atoms with E-state index < -0.39 is 11.5 Å². The van der Waals surface area contributed by atoms with Crippen LogP contribution in [0.2, 0.25) is 0 Å². The molecular formula is C22H25NO4. The SMILES string of the molecule is CC(=O)CC1(O)C(=O)N(CCCOc2ccccc2C)c2ccc(C)cc21. The van der Waals surface area contributed by atoms with E-state index in [-0.39, 0.29) is 12.2 Å². The Balaban J connectivity index is 1.73. The number of aliphatic hydroxyl groups is 1. The number of ketones is 1. The monoisotopic (exact) mass is 367 g/mol. The van der Waals surface area contributed by atoms with Gasteiger partial charge in [0.05, 0.1) is 12.3 Å². The molecule has 0 aromatic heterocycles. The fraction of sp³-hybridized carbons (Fsp3) is 0.364. The third kappa shape index (κ3) is 3.74. The highest BCUT2D eigenvalue weighted by Crippen LogP contribution is 2.43. The lowest BCUT2D eigenvalue weighted by Gasteiger charge is -2.22. The summed E-state index contributed by atoms with van der Waals surface area (Å²) in [5.41, 5.74) is 1.41. The van der Waals surface area contributed by atoms with Crippen LogP contribution in [0.1, 0.15) is 36.5 Å². The Hall–Kier alpha value is -2.66. The predicted octanol–water partition coefficient (Wildman–Crippen LogP) is 3.29. The fourth-order valence-electron chi connectivity index (χ4n) is 3.54. The van der Waals surface area contributed by atoms with E-state index in [1.54, 1.807) is 11.0 Å². The van der Waals surface area contributed by atoms with Crippen LogP contribution in [-0.2, 0) is 15.2 Å². The molecule has 5 heteroatoms. The van der Waals surface area contributed by atoms with Crippen LogP contribution in [0.5, 0.6) is 5.75 Å². The predicted molar refractivity (Wildman–Crippen MR) is 104 cm³/mol. The van der Waals surface area contributed by atoms with Crippen molar-refractivity contribution in [3.05, 3.63) is 59.2 Å². The van der Waals surface area contributed by atoms with Gasteiger partial charge in [-0.15, -0.1) is 0 Å². The van der Waals surface area contributed by atoms with Crippen LogP contribution >= 0.6 is 0 Å². The van der Waals surface area contributed by atoms with Crippen molar-refractivity contribution in [3.8, 4) is 5.75 Å². The Morgan fingerprint density at radius 1 is 1.19 bits per heavy atom. The summed E-state index contributed by atoms with van der Waals surface area (Å²) >= 11 is 0. The summed E-state index contributed by atoms with van der Waals surface area (Å²) in [6, 6.07) is 13.3. The number of nitrogens with zero attached hydrogens (tertiary/aromatic N) is 1. The molecule has 0 fully saturated rings. The molecule has 3 rings (SSSR count). The normalized spacial score (nSPS) is 18.5. The number of ether oxygens (including phenoxy) is 1. The first kappa shape index (κ1) is 19.1. The van der Waals surface area contributed by atoms with E-state index in [1.807, 2.05) is 50.2 Å². The van der Waals surface area contributed by atoms with Crippen LogP contribution in [0.4, 0.5) is 5.69 Å². The third-order valence-electron chi connectivity index (χ3n) is 4.87. The van der Waals surface area contributed by atoms with Crippen molar-refractivity contribution in [1.82, 2.24) is 0 Å². The average Bonchev–Trinajstić information content (AvgIpc) is 2.81. The van der Waals surface area contributed by atoms with Gasteiger partial charge in [-0.2, -0.15) is 0 Å². The van der Waals surface area contributed by atoms with Crippen LogP contribution in [0.25, 0.3) is 0 Å². The molecule has 1 aliphatic rings. The van der Waals surface area contributed by atoms with E-state index >= 15 is 0 Å². The first-order valence-electron chi connectivity index (χ1n) is 9.16. The number of anilines is 1. The zero-order chi connectivity index (χ0) is 19.6. The second kappa shape index (κ2) is 7.53. The quantitative estimate of drug-likeness (QED) is 0.763. The molecule has 0 aliphatic carbocycles. The minimum absolute atomic E-state index is 0.210. The highest BCUT2D eigenvalue weighted by atomic mass is 16.5. The minimum Gasteiger partial charge on any atom is -0.493 e. The van der Waals surface area contributed by atoms with Gasteiger partial charge in [0, 0.05) is 18.5 Å². The highest BCUT2D eigenvalue weighted by Gasteiger charge is 2.50. The first-order valence-corrected chi connectivity index (χ1v) is 9.16. The molecule has 1 unspecified atom stereocenters. The Morgan fingerprint density at radius 2 is 1.93 bits per heavy atom. The summed E-state index contributed by atoms with van der Waals surface area (Å²) < 4.78 is 5.80. The molecule has 1 heterocycles. The topological polar surface area (TPSA) is 66.8 Å². The van der Waals surface area contributed by atoms with Gasteiger partial charge in [-0.3, -0.25) is 9.59 Å². The van der Waals surface area contributed by atoms with E-state index in [1.165, 1.54) is 6.92 Å². The molecule has 0 bridgehead atoms. The van der Waals surface area contributed by atoms with Crippen LogP contribution in [0, 0.1) is 13.8 Å². The van der Waals surface area contributed by atoms with Gasteiger partial charge in [0.2, 0.25) is 0 Å². The zero-order valence-corrected chi connectivity index (χ0v) is 16.0. The van der Waals surface area contributed by atoms with Gasteiger partial charge < -0.3 is 14.7 Å². The lowest BCUT2D eigenvalue weighted by atomic mass is 9.89. The second-order valence-corrected chi connectivity index (χ2v) is 7.18. The number of carbonyl (C=O) groups excluding carboxylic acids is 2. The lowest BCUT2D eigenvalue weighted by Crippen LogP contribution is -2.42. The third-order valence-corrected chi connectivity index (χ3v) is 4.87. The lowest BCUT2D eigenvalue weighted by molar-refractivity contribution is -0.141. The van der Waals surface area contributed by atoms with Gasteiger partial charge in [-0.05, 0) is 44.9 Å². The standard InChI is InChI=1S/C22H25NO4/c1-15-9-10-19-18(13-15)22(26,14-17(3)24)21(25)23(19)11-6-12-27-20-8-5-4-7-16(20)2/h4-5,7-10,13,26H,6,11-12,14H2,1-3H3. The summed E-state index contributed by atoms with van der Waals surface area (Å²) in [5.74, 6) is 0.173. The number of aryl methyl sites for hydroxylation is 2. The largest absolute Gasteiger partial charge is 0.493 e. The van der Waals surface area contributed by atoms with Crippen LogP contribution in [-0.4, -0.2) is 29.9 Å². The van der Waals surface area contributed by atoms with E-state index in [0.717, 1.165) is 16.9 Å². The summed E-state index contributed by atoms with van der Waals surface area (Å²) in [4.78, 5) is 26.2. The summed E-state index contributed by atoms with van der Waals surface area (Å²) in [6.07, 6.45) is 0.405. The Kier molecular flexibility index (Phi) is 5.33. The maximum atomic E-state index is 12.9. The van der Waals surface area contributed by atoms with Crippen LogP contribution < -0.4 is 9.64 Å². The van der Waals surface area contributed by atoms with Crippen molar-refractivity contribution in [2.24, 2.45) is 0 Å². The van der Waals surface area contributed by atoms with Crippen molar-refractivity contribution >= 4 is 17.4 Å². The molecule has 0 radical (unpaired) electrons. The minimum atomic E-state index is -1.77. The van der Waals surface area contributed by atoms with Crippen LogP contribution in [0.15, 0.2) is 42.5 Å². The Bertz CT molecular complexity index is 876. The smallest absolute Gasteiger partial charge is 0.264 e.